The maximum Gasteiger partial charge on any atom is 0.334 e. The van der Waals surface area contributed by atoms with Gasteiger partial charge >= 0.3 is 11.9 Å². The second kappa shape index (κ2) is 7.92. The second-order valence-corrected chi connectivity index (χ2v) is 9.38. The number of carbonyl (C=O) groups excluding carboxylic acids is 2. The molecule has 0 aromatic heterocycles. The van der Waals surface area contributed by atoms with E-state index in [1.807, 2.05) is 46.8 Å². The first-order valence-electron chi connectivity index (χ1n) is 10.4. The van der Waals surface area contributed by atoms with E-state index < -0.39 is 47.6 Å². The summed E-state index contributed by atoms with van der Waals surface area (Å²) < 4.78 is 24.3. The Morgan fingerprint density at radius 2 is 1.87 bits per heavy atom. The summed E-state index contributed by atoms with van der Waals surface area (Å²) in [6, 6.07) is 0. The van der Waals surface area contributed by atoms with Gasteiger partial charge in [0.25, 0.3) is 0 Å². The minimum Gasteiger partial charge on any atom is -0.458 e. The van der Waals surface area contributed by atoms with E-state index in [9.17, 15) is 9.59 Å². The molecule has 1 fully saturated rings. The van der Waals surface area contributed by atoms with E-state index in [0.717, 1.165) is 16.7 Å². The van der Waals surface area contributed by atoms with E-state index in [1.54, 1.807) is 6.92 Å². The zero-order valence-corrected chi connectivity index (χ0v) is 19.2. The zero-order chi connectivity index (χ0) is 23.3. The van der Waals surface area contributed by atoms with Gasteiger partial charge in [-0.2, -0.15) is 0 Å². The van der Waals surface area contributed by atoms with Gasteiger partial charge in [-0.3, -0.25) is 0 Å². The molecule has 3 aliphatic heterocycles. The first kappa shape index (κ1) is 23.2. The molecule has 6 heteroatoms. The van der Waals surface area contributed by atoms with Crippen molar-refractivity contribution in [1.82, 2.24) is 0 Å². The van der Waals surface area contributed by atoms with Gasteiger partial charge in [0.1, 0.15) is 18.3 Å². The van der Waals surface area contributed by atoms with Gasteiger partial charge in [-0.1, -0.05) is 25.3 Å². The first-order chi connectivity index (χ1) is 14.3. The van der Waals surface area contributed by atoms with E-state index in [0.29, 0.717) is 6.42 Å². The molecule has 0 aromatic carbocycles. The van der Waals surface area contributed by atoms with Crippen molar-refractivity contribution in [2.24, 2.45) is 5.92 Å². The Labute approximate surface area is 184 Å². The molecular weight excluding hydrogens is 396 g/mol. The summed E-state index contributed by atoms with van der Waals surface area (Å²) in [5.74, 6) is -2.73. The van der Waals surface area contributed by atoms with Gasteiger partial charge in [0.05, 0.1) is 11.5 Å². The monoisotopic (exact) mass is 428 g/mol. The molecule has 1 saturated heterocycles. The van der Waals surface area contributed by atoms with E-state index in [4.69, 9.17) is 18.9 Å². The van der Waals surface area contributed by atoms with Crippen molar-refractivity contribution < 1.29 is 28.5 Å². The third kappa shape index (κ3) is 4.32. The highest BCUT2D eigenvalue weighted by atomic mass is 16.7. The number of ether oxygens (including phenoxy) is 4. The van der Waals surface area contributed by atoms with Crippen LogP contribution in [0.2, 0.25) is 0 Å². The molecule has 168 valence electrons. The van der Waals surface area contributed by atoms with Crippen LogP contribution in [0.5, 0.6) is 0 Å². The summed E-state index contributed by atoms with van der Waals surface area (Å²) in [6.45, 7) is 22.8. The standard InChI is InChI=1S/C25H32O6/c1-13(2)22(26)28-18-10-15(5)11-25(31-24(8,9)14(3)4)12-16(6)20(30-25)21-19(18)17(7)23(27)29-21/h11-12,18-21H,1,3,7,10H2,2,4-6,8-9H3/b15-11-/t18-,19+,20-,21-,25+/m0/s1. The fourth-order valence-electron chi connectivity index (χ4n) is 4.19. The summed E-state index contributed by atoms with van der Waals surface area (Å²) in [4.78, 5) is 24.8. The number of hydrogen-bond donors (Lipinski definition) is 0. The minimum atomic E-state index is -1.16. The molecule has 0 N–H and O–H groups in total. The molecule has 0 radical (unpaired) electrons. The molecule has 0 amide bonds. The number of hydrogen-bond acceptors (Lipinski definition) is 6. The lowest BCUT2D eigenvalue weighted by Crippen LogP contribution is -2.44. The van der Waals surface area contributed by atoms with E-state index in [-0.39, 0.29) is 11.1 Å². The lowest BCUT2D eigenvalue weighted by molar-refractivity contribution is -0.233. The highest BCUT2D eigenvalue weighted by Gasteiger charge is 2.55. The van der Waals surface area contributed by atoms with Gasteiger partial charge in [0, 0.05) is 17.6 Å². The Balaban J connectivity index is 2.08. The highest BCUT2D eigenvalue weighted by molar-refractivity contribution is 5.91. The number of carbonyl (C=O) groups is 2. The van der Waals surface area contributed by atoms with Gasteiger partial charge in [0.15, 0.2) is 0 Å². The van der Waals surface area contributed by atoms with Crippen LogP contribution in [0.25, 0.3) is 0 Å². The molecule has 6 nitrogen and oxygen atoms in total. The lowest BCUT2D eigenvalue weighted by atomic mass is 9.83. The molecule has 3 rings (SSSR count). The van der Waals surface area contributed by atoms with Gasteiger partial charge < -0.3 is 18.9 Å². The second-order valence-electron chi connectivity index (χ2n) is 9.38. The van der Waals surface area contributed by atoms with Crippen LogP contribution in [0.15, 0.2) is 59.8 Å². The van der Waals surface area contributed by atoms with Crippen molar-refractivity contribution in [2.75, 3.05) is 0 Å². The van der Waals surface area contributed by atoms with Gasteiger partial charge in [-0.05, 0) is 64.8 Å². The average Bonchev–Trinajstić information content (AvgIpc) is 3.10. The predicted octanol–water partition coefficient (Wildman–Crippen LogP) is 4.33. The first-order valence-corrected chi connectivity index (χ1v) is 10.4. The van der Waals surface area contributed by atoms with Crippen LogP contribution >= 0.6 is 0 Å². The van der Waals surface area contributed by atoms with Crippen LogP contribution in [0.1, 0.15) is 48.0 Å². The Hall–Kier alpha value is -2.44. The van der Waals surface area contributed by atoms with Crippen molar-refractivity contribution in [3.8, 4) is 0 Å². The summed E-state index contributed by atoms with van der Waals surface area (Å²) >= 11 is 0. The van der Waals surface area contributed by atoms with Crippen LogP contribution in [-0.4, -0.2) is 41.6 Å². The molecule has 5 atom stereocenters. The third-order valence-corrected chi connectivity index (χ3v) is 6.17. The quantitative estimate of drug-likeness (QED) is 0.369. The fourth-order valence-corrected chi connectivity index (χ4v) is 4.19. The summed E-state index contributed by atoms with van der Waals surface area (Å²) in [5.41, 5.74) is 2.48. The SMILES string of the molecule is C=C(C)C(=O)O[C@H]1C/C(C)=C\[C@@]2(OC(C)(C)C(=C)C)C=C(C)[C@H](O2)[C@H]2OC(=O)C(=C)[C@@H]21. The maximum absolute atomic E-state index is 12.5. The maximum atomic E-state index is 12.5. The van der Waals surface area contributed by atoms with Crippen molar-refractivity contribution >= 4 is 11.9 Å². The smallest absolute Gasteiger partial charge is 0.334 e. The van der Waals surface area contributed by atoms with Crippen LogP contribution in [0.3, 0.4) is 0 Å². The molecule has 3 aliphatic rings. The Morgan fingerprint density at radius 1 is 1.23 bits per heavy atom. The molecule has 3 heterocycles. The van der Waals surface area contributed by atoms with Crippen LogP contribution < -0.4 is 0 Å². The molecule has 0 spiro atoms. The Kier molecular flexibility index (Phi) is 5.93. The summed E-state index contributed by atoms with van der Waals surface area (Å²) in [6.07, 6.45) is 2.29. The van der Waals surface area contributed by atoms with Crippen molar-refractivity contribution in [3.63, 3.8) is 0 Å². The molecule has 0 unspecified atom stereocenters. The van der Waals surface area contributed by atoms with Crippen molar-refractivity contribution in [3.05, 3.63) is 59.8 Å². The van der Waals surface area contributed by atoms with E-state index in [1.165, 1.54) is 0 Å². The number of rotatable bonds is 5. The van der Waals surface area contributed by atoms with Gasteiger partial charge in [-0.15, -0.1) is 0 Å². The van der Waals surface area contributed by atoms with Gasteiger partial charge in [-0.25, -0.2) is 9.59 Å². The molecule has 0 aromatic rings. The normalized spacial score (nSPS) is 34.4. The Morgan fingerprint density at radius 3 is 2.45 bits per heavy atom. The summed E-state index contributed by atoms with van der Waals surface area (Å²) in [5, 5.41) is 0. The molecular formula is C25H32O6. The van der Waals surface area contributed by atoms with E-state index in [2.05, 4.69) is 19.7 Å². The largest absolute Gasteiger partial charge is 0.458 e. The number of esters is 2. The Bertz CT molecular complexity index is 920. The lowest BCUT2D eigenvalue weighted by Gasteiger charge is -2.37. The molecule has 31 heavy (non-hydrogen) atoms. The van der Waals surface area contributed by atoms with Crippen LogP contribution in [-0.2, 0) is 28.5 Å². The molecule has 0 saturated carbocycles. The zero-order valence-electron chi connectivity index (χ0n) is 19.2. The van der Waals surface area contributed by atoms with Crippen LogP contribution in [0, 0.1) is 5.92 Å². The average molecular weight is 429 g/mol. The summed E-state index contributed by atoms with van der Waals surface area (Å²) in [7, 11) is 0. The number of fused-ring (bicyclic) bond motifs is 4. The minimum absolute atomic E-state index is 0.274. The topological polar surface area (TPSA) is 71.1 Å². The van der Waals surface area contributed by atoms with E-state index >= 15 is 0 Å². The van der Waals surface area contributed by atoms with Crippen molar-refractivity contribution in [1.29, 1.82) is 0 Å². The van der Waals surface area contributed by atoms with Crippen LogP contribution in [0.4, 0.5) is 0 Å². The van der Waals surface area contributed by atoms with Crippen molar-refractivity contribution in [2.45, 2.75) is 77.7 Å². The van der Waals surface area contributed by atoms with Gasteiger partial charge in [0.2, 0.25) is 5.79 Å². The fraction of sp³-hybridized carbons (Fsp3) is 0.520. The predicted molar refractivity (Wildman–Crippen MR) is 117 cm³/mol. The molecule has 0 aliphatic carbocycles. The third-order valence-electron chi connectivity index (χ3n) is 6.17. The highest BCUT2D eigenvalue weighted by Crippen LogP contribution is 2.46. The molecule has 2 bridgehead atoms.